The van der Waals surface area contributed by atoms with E-state index in [9.17, 15) is 9.36 Å². The first-order chi connectivity index (χ1) is 10.5. The molecular formula is C19H19O2P. The third-order valence-corrected chi connectivity index (χ3v) is 4.67. The zero-order valence-corrected chi connectivity index (χ0v) is 13.7. The highest BCUT2D eigenvalue weighted by molar-refractivity contribution is 7.68. The van der Waals surface area contributed by atoms with Gasteiger partial charge in [-0.2, -0.15) is 0 Å². The minimum Gasteiger partial charge on any atom is -0.319 e. The molecule has 0 fully saturated rings. The average molecular weight is 310 g/mol. The molecule has 0 amide bonds. The number of carbonyl (C=O) groups is 1. The SMILES string of the molecule is CP(C)(=O)C(=Cc1ccccc1)C(=O)C=Cc1ccccc1. The Balaban J connectivity index is 2.31. The fourth-order valence-electron chi connectivity index (χ4n) is 2.02. The van der Waals surface area contributed by atoms with Crippen LogP contribution in [0.2, 0.25) is 0 Å². The zero-order valence-electron chi connectivity index (χ0n) is 12.8. The van der Waals surface area contributed by atoms with Crippen LogP contribution in [-0.4, -0.2) is 19.1 Å². The Morgan fingerprint density at radius 1 is 0.864 bits per heavy atom. The minimum atomic E-state index is -2.66. The Morgan fingerprint density at radius 2 is 1.36 bits per heavy atom. The van der Waals surface area contributed by atoms with E-state index in [1.54, 1.807) is 25.5 Å². The first-order valence-electron chi connectivity index (χ1n) is 7.06. The molecule has 0 aliphatic heterocycles. The number of ketones is 1. The molecule has 0 atom stereocenters. The Morgan fingerprint density at radius 3 is 1.86 bits per heavy atom. The van der Waals surface area contributed by atoms with Crippen LogP contribution in [0.25, 0.3) is 12.2 Å². The second-order valence-electron chi connectivity index (χ2n) is 5.40. The summed E-state index contributed by atoms with van der Waals surface area (Å²) in [7, 11) is -2.66. The van der Waals surface area contributed by atoms with E-state index in [1.807, 2.05) is 60.7 Å². The lowest BCUT2D eigenvalue weighted by molar-refractivity contribution is -0.110. The molecule has 2 aromatic rings. The molecular weight excluding hydrogens is 291 g/mol. The number of hydrogen-bond donors (Lipinski definition) is 0. The van der Waals surface area contributed by atoms with Gasteiger partial charge in [-0.15, -0.1) is 0 Å². The van der Waals surface area contributed by atoms with E-state index in [2.05, 4.69) is 0 Å². The van der Waals surface area contributed by atoms with Crippen LogP contribution in [0, 0.1) is 0 Å². The molecule has 0 bridgehead atoms. The standard InChI is InChI=1S/C19H19O2P/c1-22(2,21)19(15-17-11-7-4-8-12-17)18(20)14-13-16-9-5-3-6-10-16/h3-15H,1-2H3. The van der Waals surface area contributed by atoms with Gasteiger partial charge in [-0.05, 0) is 36.6 Å². The molecule has 2 rings (SSSR count). The van der Waals surface area contributed by atoms with Crippen molar-refractivity contribution in [2.45, 2.75) is 0 Å². The maximum Gasteiger partial charge on any atom is 0.189 e. The van der Waals surface area contributed by atoms with Gasteiger partial charge in [0.1, 0.15) is 7.14 Å². The minimum absolute atomic E-state index is 0.207. The van der Waals surface area contributed by atoms with Crippen molar-refractivity contribution < 1.29 is 9.36 Å². The fraction of sp³-hybridized carbons (Fsp3) is 0.105. The number of allylic oxidation sites excluding steroid dienone is 2. The molecule has 0 saturated heterocycles. The summed E-state index contributed by atoms with van der Waals surface area (Å²) in [5.74, 6) is -0.207. The highest BCUT2D eigenvalue weighted by atomic mass is 31.2. The van der Waals surface area contributed by atoms with Gasteiger partial charge in [0.05, 0.1) is 5.31 Å². The Hall–Kier alpha value is -2.18. The predicted octanol–water partition coefficient (Wildman–Crippen LogP) is 4.93. The van der Waals surface area contributed by atoms with E-state index in [-0.39, 0.29) is 5.78 Å². The van der Waals surface area contributed by atoms with Crippen molar-refractivity contribution >= 4 is 25.1 Å². The summed E-state index contributed by atoms with van der Waals surface area (Å²) in [5, 5.41) is 0.367. The highest BCUT2D eigenvalue weighted by Crippen LogP contribution is 2.47. The van der Waals surface area contributed by atoms with Gasteiger partial charge in [0, 0.05) is 0 Å². The maximum atomic E-state index is 12.4. The van der Waals surface area contributed by atoms with Gasteiger partial charge in [-0.25, -0.2) is 0 Å². The van der Waals surface area contributed by atoms with Crippen molar-refractivity contribution in [1.82, 2.24) is 0 Å². The van der Waals surface area contributed by atoms with Gasteiger partial charge in [-0.3, -0.25) is 4.79 Å². The molecule has 2 aromatic carbocycles. The summed E-state index contributed by atoms with van der Waals surface area (Å²) in [4.78, 5) is 12.4. The van der Waals surface area contributed by atoms with E-state index in [1.165, 1.54) is 6.08 Å². The van der Waals surface area contributed by atoms with Gasteiger partial charge in [-0.1, -0.05) is 66.7 Å². The van der Waals surface area contributed by atoms with Crippen LogP contribution in [0.3, 0.4) is 0 Å². The predicted molar refractivity (Wildman–Crippen MR) is 94.4 cm³/mol. The summed E-state index contributed by atoms with van der Waals surface area (Å²) in [6, 6.07) is 19.1. The van der Waals surface area contributed by atoms with Crippen LogP contribution >= 0.6 is 7.14 Å². The normalized spacial score (nSPS) is 12.5. The van der Waals surface area contributed by atoms with Crippen molar-refractivity contribution in [2.75, 3.05) is 13.3 Å². The van der Waals surface area contributed by atoms with Gasteiger partial charge in [0.15, 0.2) is 5.78 Å². The number of carbonyl (C=O) groups excluding carboxylic acids is 1. The highest BCUT2D eigenvalue weighted by Gasteiger charge is 2.20. The number of rotatable bonds is 5. The summed E-state index contributed by atoms with van der Waals surface area (Å²) < 4.78 is 12.4. The van der Waals surface area contributed by atoms with E-state index < -0.39 is 7.14 Å². The summed E-state index contributed by atoms with van der Waals surface area (Å²) in [6.07, 6.45) is 4.96. The second kappa shape index (κ2) is 7.20. The van der Waals surface area contributed by atoms with E-state index in [4.69, 9.17) is 0 Å². The maximum absolute atomic E-state index is 12.4. The molecule has 112 valence electrons. The molecule has 0 spiro atoms. The molecule has 2 nitrogen and oxygen atoms in total. The molecule has 0 unspecified atom stereocenters. The van der Waals surface area contributed by atoms with Crippen molar-refractivity contribution in [3.8, 4) is 0 Å². The number of hydrogen-bond acceptors (Lipinski definition) is 2. The van der Waals surface area contributed by atoms with Crippen LogP contribution < -0.4 is 0 Å². The van der Waals surface area contributed by atoms with Crippen LogP contribution in [0.1, 0.15) is 11.1 Å². The third kappa shape index (κ3) is 4.68. The Bertz CT molecular complexity index is 738. The van der Waals surface area contributed by atoms with Crippen molar-refractivity contribution in [3.63, 3.8) is 0 Å². The summed E-state index contributed by atoms with van der Waals surface area (Å²) >= 11 is 0. The summed E-state index contributed by atoms with van der Waals surface area (Å²) in [5.41, 5.74) is 1.82. The quantitative estimate of drug-likeness (QED) is 0.579. The smallest absolute Gasteiger partial charge is 0.189 e. The topological polar surface area (TPSA) is 34.1 Å². The van der Waals surface area contributed by atoms with Crippen LogP contribution in [-0.2, 0) is 9.36 Å². The summed E-state index contributed by atoms with van der Waals surface area (Å²) in [6.45, 7) is 3.24. The van der Waals surface area contributed by atoms with Gasteiger partial charge in [0.25, 0.3) is 0 Å². The molecule has 22 heavy (non-hydrogen) atoms. The van der Waals surface area contributed by atoms with Crippen molar-refractivity contribution in [2.24, 2.45) is 0 Å². The molecule has 0 N–H and O–H groups in total. The molecule has 0 radical (unpaired) electrons. The Labute approximate surface area is 131 Å². The second-order valence-corrected chi connectivity index (χ2v) is 8.58. The molecule has 0 aromatic heterocycles. The number of benzene rings is 2. The largest absolute Gasteiger partial charge is 0.319 e. The van der Waals surface area contributed by atoms with Gasteiger partial charge < -0.3 is 4.57 Å². The lowest BCUT2D eigenvalue weighted by Gasteiger charge is -2.09. The lowest BCUT2D eigenvalue weighted by Crippen LogP contribution is -1.99. The lowest BCUT2D eigenvalue weighted by atomic mass is 10.1. The molecule has 0 aliphatic carbocycles. The van der Waals surface area contributed by atoms with Crippen LogP contribution in [0.4, 0.5) is 0 Å². The zero-order chi connectivity index (χ0) is 16.0. The first-order valence-corrected chi connectivity index (χ1v) is 9.67. The monoisotopic (exact) mass is 310 g/mol. The van der Waals surface area contributed by atoms with Crippen LogP contribution in [0.5, 0.6) is 0 Å². The van der Waals surface area contributed by atoms with E-state index in [0.717, 1.165) is 11.1 Å². The molecule has 0 aliphatic rings. The average Bonchev–Trinajstić information content (AvgIpc) is 2.51. The van der Waals surface area contributed by atoms with Gasteiger partial charge in [0.2, 0.25) is 0 Å². The van der Waals surface area contributed by atoms with Gasteiger partial charge >= 0.3 is 0 Å². The molecule has 3 heteroatoms. The van der Waals surface area contributed by atoms with E-state index in [0.29, 0.717) is 5.31 Å². The van der Waals surface area contributed by atoms with Crippen molar-refractivity contribution in [1.29, 1.82) is 0 Å². The van der Waals surface area contributed by atoms with E-state index >= 15 is 0 Å². The fourth-order valence-corrected chi connectivity index (χ4v) is 3.09. The first kappa shape index (κ1) is 16.2. The molecule has 0 heterocycles. The third-order valence-electron chi connectivity index (χ3n) is 3.16. The van der Waals surface area contributed by atoms with Crippen LogP contribution in [0.15, 0.2) is 72.1 Å². The molecule has 0 saturated carbocycles. The van der Waals surface area contributed by atoms with Crippen molar-refractivity contribution in [3.05, 3.63) is 83.2 Å². The Kier molecular flexibility index (Phi) is 5.30.